The highest BCUT2D eigenvalue weighted by atomic mass is 16.5. The Morgan fingerprint density at radius 1 is 0.302 bits per heavy atom. The normalized spacial score (nSPS) is 13.2. The van der Waals surface area contributed by atoms with E-state index in [1.165, 1.54) is 256 Å². The lowest BCUT2D eigenvalue weighted by Gasteiger charge is -2.34. The van der Waals surface area contributed by atoms with Crippen LogP contribution in [0.25, 0.3) is 22.3 Å². The van der Waals surface area contributed by atoms with Gasteiger partial charge in [0.15, 0.2) is 11.5 Å². The second-order valence-corrected chi connectivity index (χ2v) is 28.9. The highest BCUT2D eigenvalue weighted by Gasteiger charge is 2.47. The molecule has 11 rings (SSSR count). The summed E-state index contributed by atoms with van der Waals surface area (Å²) in [6.07, 6.45) is 36.8. The van der Waals surface area contributed by atoms with Crippen LogP contribution in [0.5, 0.6) is 23.0 Å². The summed E-state index contributed by atoms with van der Waals surface area (Å²) in [7, 11) is 0. The minimum absolute atomic E-state index is 0.234. The Balaban J connectivity index is 0.000000175. The fourth-order valence-electron chi connectivity index (χ4n) is 15.6. The van der Waals surface area contributed by atoms with Crippen LogP contribution < -0.4 is 19.1 Å². The molecule has 1 heterocycles. The van der Waals surface area contributed by atoms with Crippen LogP contribution in [-0.4, -0.2) is 19.8 Å². The van der Waals surface area contributed by atoms with Gasteiger partial charge in [-0.05, 0) is 189 Å². The predicted molar refractivity (Wildman–Crippen MR) is 413 cm³/mol. The van der Waals surface area contributed by atoms with E-state index in [9.17, 15) is 0 Å². The van der Waals surface area contributed by atoms with Crippen molar-refractivity contribution in [2.75, 3.05) is 24.7 Å². The van der Waals surface area contributed by atoms with Gasteiger partial charge in [0.25, 0.3) is 0 Å². The fourth-order valence-corrected chi connectivity index (χ4v) is 15.6. The third-order valence-corrected chi connectivity index (χ3v) is 20.9. The van der Waals surface area contributed by atoms with Gasteiger partial charge in [-0.15, -0.1) is 0 Å². The van der Waals surface area contributed by atoms with E-state index in [2.05, 4.69) is 239 Å². The number of hydrogen-bond donors (Lipinski definition) is 0. The number of ether oxygens (including phenoxy) is 3. The van der Waals surface area contributed by atoms with Crippen molar-refractivity contribution in [3.63, 3.8) is 0 Å². The third kappa shape index (κ3) is 18.4. The van der Waals surface area contributed by atoms with Crippen molar-refractivity contribution in [3.05, 3.63) is 224 Å². The van der Waals surface area contributed by atoms with Crippen molar-refractivity contribution in [2.24, 2.45) is 0 Å². The average molecular weight is 1290 g/mol. The summed E-state index contributed by atoms with van der Waals surface area (Å²) in [6.45, 7) is 27.2. The van der Waals surface area contributed by atoms with Crippen LogP contribution in [0.2, 0.25) is 0 Å². The van der Waals surface area contributed by atoms with Gasteiger partial charge in [-0.25, -0.2) is 0 Å². The van der Waals surface area contributed by atoms with E-state index in [0.717, 1.165) is 55.6 Å². The Morgan fingerprint density at radius 3 is 0.979 bits per heavy atom. The van der Waals surface area contributed by atoms with E-state index in [1.54, 1.807) is 11.1 Å². The zero-order valence-electron chi connectivity index (χ0n) is 61.6. The average Bonchev–Trinajstić information content (AvgIpc) is 1.57. The van der Waals surface area contributed by atoms with E-state index < -0.39 is 5.41 Å². The van der Waals surface area contributed by atoms with E-state index in [1.807, 2.05) is 0 Å². The smallest absolute Gasteiger partial charge is 0.151 e. The molecule has 0 saturated carbocycles. The molecule has 0 radical (unpaired) electrons. The topological polar surface area (TPSA) is 30.9 Å². The van der Waals surface area contributed by atoms with Gasteiger partial charge < -0.3 is 19.1 Å². The molecule has 1 aliphatic heterocycles. The molecule has 0 bridgehead atoms. The highest BCUT2D eigenvalue weighted by molar-refractivity contribution is 5.87. The molecule has 8 aromatic rings. The van der Waals surface area contributed by atoms with Gasteiger partial charge in [0.1, 0.15) is 11.5 Å². The van der Waals surface area contributed by atoms with Crippen molar-refractivity contribution in [1.82, 2.24) is 0 Å². The van der Waals surface area contributed by atoms with Crippen molar-refractivity contribution in [3.8, 4) is 45.3 Å². The van der Waals surface area contributed by atoms with Gasteiger partial charge in [0.05, 0.1) is 30.0 Å². The standard InChI is InChI=1S/C39H46O2.C31H46.C22H29NO/c1-5-7-9-11-25-40-33-19-15-31(16-20-33)39(32-17-21-34(22-18-32)41-26-12-10-8-6-2)37-27-29(3)13-23-35(37)36-24-14-30(4)28-38(36)39;1-5-7-9-11-13-15-21-31(22-16-14-12-10-8-6-2)29-23-25(3)17-19-27(29)28-20-18-26(4)24-30(28)31;1-4-5-6-7-8-9-14-23-19-12-10-17(2)15-21(19)24-22-16-18(3)11-13-20(22)23/h13-24,27-28H,5-12,25-26H2,1-4H3;17-20,23-24H,5-16,21-22H2,1-4H3;10-13,15-16H,4-9,14H2,1-3H3. The van der Waals surface area contributed by atoms with Crippen molar-refractivity contribution < 1.29 is 14.2 Å². The Bertz CT molecular complexity index is 3430. The first-order valence-corrected chi connectivity index (χ1v) is 38.5. The largest absolute Gasteiger partial charge is 0.494 e. The van der Waals surface area contributed by atoms with Crippen LogP contribution in [0.4, 0.5) is 11.4 Å². The molecule has 0 saturated heterocycles. The minimum atomic E-state index is -0.415. The van der Waals surface area contributed by atoms with Crippen LogP contribution in [-0.2, 0) is 10.8 Å². The molecule has 2 aliphatic carbocycles. The van der Waals surface area contributed by atoms with Gasteiger partial charge in [0, 0.05) is 12.0 Å². The molecule has 8 aromatic carbocycles. The van der Waals surface area contributed by atoms with Gasteiger partial charge in [0.2, 0.25) is 0 Å². The van der Waals surface area contributed by atoms with Crippen LogP contribution in [0.1, 0.15) is 281 Å². The zero-order valence-corrected chi connectivity index (χ0v) is 61.6. The number of hydrogen-bond acceptors (Lipinski definition) is 4. The third-order valence-electron chi connectivity index (χ3n) is 20.9. The first-order valence-electron chi connectivity index (χ1n) is 38.5. The molecule has 0 fully saturated rings. The lowest BCUT2D eigenvalue weighted by atomic mass is 9.67. The summed E-state index contributed by atoms with van der Waals surface area (Å²) in [5.41, 5.74) is 24.2. The van der Waals surface area contributed by atoms with E-state index in [4.69, 9.17) is 14.2 Å². The zero-order chi connectivity index (χ0) is 67.7. The second-order valence-electron chi connectivity index (χ2n) is 28.9. The summed E-state index contributed by atoms with van der Waals surface area (Å²) >= 11 is 0. The fraction of sp³-hybridized carbons (Fsp3) is 0.478. The Kier molecular flexibility index (Phi) is 28.3. The molecule has 0 atom stereocenters. The molecule has 0 amide bonds. The monoisotopic (exact) mass is 1290 g/mol. The number of rotatable bonds is 35. The van der Waals surface area contributed by atoms with Gasteiger partial charge in [-0.1, -0.05) is 314 Å². The Hall–Kier alpha value is -7.04. The molecular formula is C92H121NO3. The lowest BCUT2D eigenvalue weighted by Crippen LogP contribution is -2.28. The van der Waals surface area contributed by atoms with Crippen LogP contribution in [0, 0.1) is 41.5 Å². The summed E-state index contributed by atoms with van der Waals surface area (Å²) in [6, 6.07) is 59.2. The van der Waals surface area contributed by atoms with Crippen LogP contribution in [0.3, 0.4) is 0 Å². The number of anilines is 2. The van der Waals surface area contributed by atoms with Crippen LogP contribution in [0.15, 0.2) is 158 Å². The molecule has 96 heavy (non-hydrogen) atoms. The maximum Gasteiger partial charge on any atom is 0.151 e. The maximum atomic E-state index is 6.19. The highest BCUT2D eigenvalue weighted by Crippen LogP contribution is 2.58. The Labute approximate surface area is 583 Å². The SMILES string of the molecule is CCCCCCCCC1(CCCCCCCC)c2cc(C)ccc2-c2ccc(C)cc21.CCCCCCCCN1c2ccc(C)cc2Oc2cc(C)ccc21.CCCCCCOc1ccc(C2(c3ccc(OCCCCCC)cc3)c3cc(C)ccc3-c3ccc(C)cc32)cc1. The number of nitrogens with zero attached hydrogens (tertiary/aromatic N) is 1. The number of fused-ring (bicyclic) bond motifs is 8. The van der Waals surface area contributed by atoms with Crippen LogP contribution >= 0.6 is 0 Å². The minimum Gasteiger partial charge on any atom is -0.494 e. The number of unbranched alkanes of at least 4 members (excludes halogenated alkanes) is 21. The molecule has 4 heteroatoms. The van der Waals surface area contributed by atoms with E-state index >= 15 is 0 Å². The molecule has 0 unspecified atom stereocenters. The number of benzene rings is 8. The predicted octanol–water partition coefficient (Wildman–Crippen LogP) is 27.6. The number of aryl methyl sites for hydroxylation is 6. The first kappa shape index (κ1) is 73.2. The van der Waals surface area contributed by atoms with E-state index in [0.29, 0.717) is 0 Å². The summed E-state index contributed by atoms with van der Waals surface area (Å²) < 4.78 is 18.5. The molecule has 3 aliphatic rings. The molecule has 512 valence electrons. The molecule has 0 spiro atoms. The molecule has 0 N–H and O–H groups in total. The first-order chi connectivity index (χ1) is 46.9. The second kappa shape index (κ2) is 37.1. The van der Waals surface area contributed by atoms with E-state index in [-0.39, 0.29) is 5.41 Å². The summed E-state index contributed by atoms with van der Waals surface area (Å²) in [5, 5.41) is 0. The van der Waals surface area contributed by atoms with Gasteiger partial charge in [-0.2, -0.15) is 0 Å². The lowest BCUT2D eigenvalue weighted by molar-refractivity contribution is 0.305. The maximum absolute atomic E-state index is 6.19. The van der Waals surface area contributed by atoms with Crippen molar-refractivity contribution in [2.45, 2.75) is 267 Å². The molecular weight excluding hydrogens is 1170 g/mol. The van der Waals surface area contributed by atoms with Crippen molar-refractivity contribution >= 4 is 11.4 Å². The Morgan fingerprint density at radius 2 is 0.604 bits per heavy atom. The molecule has 0 aromatic heterocycles. The molecule has 4 nitrogen and oxygen atoms in total. The summed E-state index contributed by atoms with van der Waals surface area (Å²) in [4.78, 5) is 2.44. The van der Waals surface area contributed by atoms with Crippen molar-refractivity contribution in [1.29, 1.82) is 0 Å². The summed E-state index contributed by atoms with van der Waals surface area (Å²) in [5.74, 6) is 3.86. The quantitative estimate of drug-likeness (QED) is 0.0371. The van der Waals surface area contributed by atoms with Gasteiger partial charge in [-0.3, -0.25) is 0 Å². The van der Waals surface area contributed by atoms with Gasteiger partial charge >= 0.3 is 0 Å².